The molecule has 4 amide bonds. The van der Waals surface area contributed by atoms with E-state index in [-0.39, 0.29) is 43.6 Å². The van der Waals surface area contributed by atoms with Gasteiger partial charge in [-0.25, -0.2) is 4.79 Å². The molecule has 1 unspecified atom stereocenters. The van der Waals surface area contributed by atoms with Crippen LogP contribution in [-0.2, 0) is 16.0 Å². The first-order chi connectivity index (χ1) is 11.6. The fraction of sp³-hybridized carbons (Fsp3) is 0.438. The van der Waals surface area contributed by atoms with Gasteiger partial charge in [0.15, 0.2) is 11.5 Å². The summed E-state index contributed by atoms with van der Waals surface area (Å²) < 4.78 is 10.6. The molecule has 0 aliphatic carbocycles. The van der Waals surface area contributed by atoms with Crippen LogP contribution in [-0.4, -0.2) is 60.1 Å². The largest absolute Gasteiger partial charge is 0.454 e. The number of hydrogen-bond donors (Lipinski definition) is 1. The van der Waals surface area contributed by atoms with Gasteiger partial charge >= 0.3 is 6.03 Å². The van der Waals surface area contributed by atoms with Crippen molar-refractivity contribution in [1.29, 1.82) is 0 Å². The van der Waals surface area contributed by atoms with Gasteiger partial charge in [0.25, 0.3) is 0 Å². The van der Waals surface area contributed by atoms with E-state index in [0.29, 0.717) is 31.0 Å². The molecule has 3 aliphatic heterocycles. The number of likely N-dealkylation sites (tertiary alicyclic amines) is 1. The molecular formula is C16H17N3O5. The predicted molar refractivity (Wildman–Crippen MR) is 81.5 cm³/mol. The van der Waals surface area contributed by atoms with E-state index in [2.05, 4.69) is 5.32 Å². The number of carbonyl (C=O) groups excluding carboxylic acids is 3. The van der Waals surface area contributed by atoms with Gasteiger partial charge in [0, 0.05) is 13.1 Å². The van der Waals surface area contributed by atoms with Crippen LogP contribution in [0.15, 0.2) is 18.2 Å². The Kier molecular flexibility index (Phi) is 3.51. The number of nitrogens with zero attached hydrogens (tertiary/aromatic N) is 2. The van der Waals surface area contributed by atoms with Crippen molar-refractivity contribution in [1.82, 2.24) is 15.1 Å². The third-order valence-electron chi connectivity index (χ3n) is 4.55. The Bertz CT molecular complexity index is 704. The monoisotopic (exact) mass is 331 g/mol. The summed E-state index contributed by atoms with van der Waals surface area (Å²) in [6.07, 6.45) is 0.871. The lowest BCUT2D eigenvalue weighted by Gasteiger charge is -2.21. The maximum atomic E-state index is 12.5. The van der Waals surface area contributed by atoms with Crippen LogP contribution in [0.2, 0.25) is 0 Å². The third kappa shape index (κ3) is 2.53. The molecule has 1 N–H and O–H groups in total. The number of ether oxygens (including phenoxy) is 2. The van der Waals surface area contributed by atoms with Gasteiger partial charge in [-0.1, -0.05) is 6.07 Å². The molecule has 1 aromatic carbocycles. The van der Waals surface area contributed by atoms with Crippen molar-refractivity contribution in [3.63, 3.8) is 0 Å². The van der Waals surface area contributed by atoms with Crippen LogP contribution in [0.1, 0.15) is 12.0 Å². The van der Waals surface area contributed by atoms with E-state index in [9.17, 15) is 14.4 Å². The second kappa shape index (κ2) is 5.70. The number of rotatable bonds is 3. The molecule has 24 heavy (non-hydrogen) atoms. The molecule has 1 aromatic rings. The highest BCUT2D eigenvalue weighted by Crippen LogP contribution is 2.32. The summed E-state index contributed by atoms with van der Waals surface area (Å²) in [6.45, 7) is 1.18. The lowest BCUT2D eigenvalue weighted by atomic mass is 10.1. The second-order valence-electron chi connectivity index (χ2n) is 6.07. The van der Waals surface area contributed by atoms with Crippen molar-refractivity contribution < 1.29 is 23.9 Å². The highest BCUT2D eigenvalue weighted by molar-refractivity contribution is 6.02. The minimum Gasteiger partial charge on any atom is -0.454 e. The predicted octanol–water partition coefficient (Wildman–Crippen LogP) is 0.111. The van der Waals surface area contributed by atoms with Crippen molar-refractivity contribution in [3.05, 3.63) is 23.8 Å². The molecule has 2 fully saturated rings. The fourth-order valence-corrected chi connectivity index (χ4v) is 3.32. The van der Waals surface area contributed by atoms with E-state index in [1.165, 1.54) is 4.90 Å². The van der Waals surface area contributed by atoms with E-state index in [4.69, 9.17) is 9.47 Å². The third-order valence-corrected chi connectivity index (χ3v) is 4.55. The Morgan fingerprint density at radius 1 is 1.25 bits per heavy atom. The summed E-state index contributed by atoms with van der Waals surface area (Å²) >= 11 is 0. The number of hydrogen-bond acceptors (Lipinski definition) is 5. The summed E-state index contributed by atoms with van der Waals surface area (Å²) in [6, 6.07) is 4.85. The van der Waals surface area contributed by atoms with E-state index in [1.807, 2.05) is 12.1 Å². The smallest absolute Gasteiger partial charge is 0.324 e. The molecule has 3 aliphatic rings. The summed E-state index contributed by atoms with van der Waals surface area (Å²) in [7, 11) is 0. The van der Waals surface area contributed by atoms with Gasteiger partial charge in [0.1, 0.15) is 0 Å². The molecule has 0 spiro atoms. The molecule has 3 heterocycles. The Morgan fingerprint density at radius 3 is 2.88 bits per heavy atom. The molecule has 4 rings (SSSR count). The van der Waals surface area contributed by atoms with Crippen LogP contribution in [0.5, 0.6) is 11.5 Å². The lowest BCUT2D eigenvalue weighted by molar-refractivity contribution is -0.131. The zero-order chi connectivity index (χ0) is 16.7. The van der Waals surface area contributed by atoms with Crippen LogP contribution in [0.4, 0.5) is 4.79 Å². The van der Waals surface area contributed by atoms with Gasteiger partial charge in [-0.05, 0) is 24.1 Å². The normalized spacial score (nSPS) is 22.2. The topological polar surface area (TPSA) is 88.2 Å². The molecule has 0 radical (unpaired) electrons. The average molecular weight is 331 g/mol. The number of imide groups is 1. The van der Waals surface area contributed by atoms with Gasteiger partial charge in [-0.15, -0.1) is 0 Å². The standard InChI is InChI=1S/C16H17N3O5/c20-14(6-10-1-2-12-13(5-10)24-9-23-12)18-4-3-11(8-18)19-15(21)7-17-16(19)22/h1-2,5,11H,3-4,6-9H2,(H,17,22). The quantitative estimate of drug-likeness (QED) is 0.794. The zero-order valence-electron chi connectivity index (χ0n) is 13.0. The first-order valence-electron chi connectivity index (χ1n) is 7.88. The van der Waals surface area contributed by atoms with Crippen LogP contribution < -0.4 is 14.8 Å². The van der Waals surface area contributed by atoms with Crippen molar-refractivity contribution >= 4 is 17.8 Å². The summed E-state index contributed by atoms with van der Waals surface area (Å²) in [5.74, 6) is 1.09. The van der Waals surface area contributed by atoms with E-state index in [1.54, 1.807) is 11.0 Å². The van der Waals surface area contributed by atoms with Crippen LogP contribution in [0.3, 0.4) is 0 Å². The summed E-state index contributed by atoms with van der Waals surface area (Å²) in [5.41, 5.74) is 0.850. The molecule has 1 atom stereocenters. The van der Waals surface area contributed by atoms with Gasteiger partial charge in [-0.3, -0.25) is 14.5 Å². The Hall–Kier alpha value is -2.77. The fourth-order valence-electron chi connectivity index (χ4n) is 3.32. The molecule has 8 nitrogen and oxygen atoms in total. The van der Waals surface area contributed by atoms with E-state index >= 15 is 0 Å². The lowest BCUT2D eigenvalue weighted by Crippen LogP contribution is -2.43. The Balaban J connectivity index is 1.39. The average Bonchev–Trinajstić information content (AvgIpc) is 3.27. The maximum Gasteiger partial charge on any atom is 0.324 e. The van der Waals surface area contributed by atoms with Gasteiger partial charge in [0.05, 0.1) is 19.0 Å². The van der Waals surface area contributed by atoms with Gasteiger partial charge in [-0.2, -0.15) is 0 Å². The molecule has 0 bridgehead atoms. The number of amides is 4. The first kappa shape index (κ1) is 14.8. The summed E-state index contributed by atoms with van der Waals surface area (Å²) in [4.78, 5) is 38.9. The summed E-state index contributed by atoms with van der Waals surface area (Å²) in [5, 5.41) is 2.51. The highest BCUT2D eigenvalue weighted by atomic mass is 16.7. The number of nitrogens with one attached hydrogen (secondary N) is 1. The molecule has 2 saturated heterocycles. The molecular weight excluding hydrogens is 314 g/mol. The minimum absolute atomic E-state index is 0.0246. The molecule has 8 heteroatoms. The SMILES string of the molecule is O=C(Cc1ccc2c(c1)OCO2)N1CCC(N2C(=O)CNC2=O)C1. The number of fused-ring (bicyclic) bond motifs is 1. The number of benzene rings is 1. The van der Waals surface area contributed by atoms with Gasteiger partial charge < -0.3 is 19.7 Å². The van der Waals surface area contributed by atoms with Gasteiger partial charge in [0.2, 0.25) is 18.6 Å². The van der Waals surface area contributed by atoms with Crippen molar-refractivity contribution in [2.24, 2.45) is 0 Å². The van der Waals surface area contributed by atoms with Crippen LogP contribution in [0.25, 0.3) is 0 Å². The number of urea groups is 1. The van der Waals surface area contributed by atoms with Crippen molar-refractivity contribution in [2.45, 2.75) is 18.9 Å². The van der Waals surface area contributed by atoms with E-state index < -0.39 is 0 Å². The number of carbonyl (C=O) groups is 3. The van der Waals surface area contributed by atoms with Crippen molar-refractivity contribution in [2.75, 3.05) is 26.4 Å². The molecule has 0 aromatic heterocycles. The Morgan fingerprint density at radius 2 is 2.08 bits per heavy atom. The first-order valence-corrected chi connectivity index (χ1v) is 7.88. The molecule has 126 valence electrons. The second-order valence-corrected chi connectivity index (χ2v) is 6.07. The van der Waals surface area contributed by atoms with Crippen LogP contribution >= 0.6 is 0 Å². The van der Waals surface area contributed by atoms with Crippen LogP contribution in [0, 0.1) is 0 Å². The highest BCUT2D eigenvalue weighted by Gasteiger charge is 2.39. The minimum atomic E-state index is -0.366. The Labute approximate surface area is 138 Å². The van der Waals surface area contributed by atoms with Crippen molar-refractivity contribution in [3.8, 4) is 11.5 Å². The van der Waals surface area contributed by atoms with E-state index in [0.717, 1.165) is 5.56 Å². The molecule has 0 saturated carbocycles. The zero-order valence-corrected chi connectivity index (χ0v) is 13.0. The maximum absolute atomic E-state index is 12.5.